The largest absolute Gasteiger partial charge is 0.393 e. The first-order valence-corrected chi connectivity index (χ1v) is 6.32. The predicted molar refractivity (Wildman–Crippen MR) is 69.2 cm³/mol. The van der Waals surface area contributed by atoms with Crippen molar-refractivity contribution in [1.29, 1.82) is 0 Å². The second-order valence-corrected chi connectivity index (χ2v) is 4.71. The molecule has 0 amide bonds. The Labute approximate surface area is 98.6 Å². The molecule has 88 valence electrons. The smallest absolute Gasteiger partial charge is 0.0740 e. The van der Waals surface area contributed by atoms with Gasteiger partial charge >= 0.3 is 0 Å². The number of nitrogens with zero attached hydrogens (tertiary/aromatic N) is 2. The zero-order chi connectivity index (χ0) is 11.3. The lowest BCUT2D eigenvalue weighted by Crippen LogP contribution is -2.37. The number of likely N-dealkylation sites (tertiary alicyclic amines) is 1. The van der Waals surface area contributed by atoms with Crippen LogP contribution in [0, 0.1) is 0 Å². The highest BCUT2D eigenvalue weighted by atomic mass is 32.1. The SMILES string of the molecule is CCN(CC)C1CCN(CCC(N)=S)C1. The van der Waals surface area contributed by atoms with Crippen molar-refractivity contribution in [3.05, 3.63) is 0 Å². The quantitative estimate of drug-likeness (QED) is 0.691. The fourth-order valence-corrected chi connectivity index (χ4v) is 2.41. The van der Waals surface area contributed by atoms with E-state index in [1.54, 1.807) is 0 Å². The summed E-state index contributed by atoms with van der Waals surface area (Å²) in [7, 11) is 0. The summed E-state index contributed by atoms with van der Waals surface area (Å²) in [6.07, 6.45) is 2.15. The van der Waals surface area contributed by atoms with Gasteiger partial charge < -0.3 is 10.6 Å². The summed E-state index contributed by atoms with van der Waals surface area (Å²) in [6.45, 7) is 10.2. The van der Waals surface area contributed by atoms with E-state index in [0.29, 0.717) is 4.99 Å². The molecule has 0 radical (unpaired) electrons. The molecule has 15 heavy (non-hydrogen) atoms. The molecule has 1 atom stereocenters. The van der Waals surface area contributed by atoms with Gasteiger partial charge in [-0.05, 0) is 26.1 Å². The molecule has 0 saturated carbocycles. The van der Waals surface area contributed by atoms with Gasteiger partial charge in [-0.15, -0.1) is 0 Å². The van der Waals surface area contributed by atoms with Crippen LogP contribution >= 0.6 is 12.2 Å². The fraction of sp³-hybridized carbons (Fsp3) is 0.909. The summed E-state index contributed by atoms with van der Waals surface area (Å²) in [6, 6.07) is 0.742. The number of hydrogen-bond donors (Lipinski definition) is 1. The highest BCUT2D eigenvalue weighted by Crippen LogP contribution is 2.15. The van der Waals surface area contributed by atoms with E-state index < -0.39 is 0 Å². The Morgan fingerprint density at radius 2 is 2.13 bits per heavy atom. The Bertz CT molecular complexity index is 204. The maximum atomic E-state index is 5.51. The lowest BCUT2D eigenvalue weighted by molar-refractivity contribution is 0.212. The molecule has 1 saturated heterocycles. The van der Waals surface area contributed by atoms with Crippen molar-refractivity contribution in [1.82, 2.24) is 9.80 Å². The van der Waals surface area contributed by atoms with Crippen LogP contribution in [0.1, 0.15) is 26.7 Å². The van der Waals surface area contributed by atoms with Gasteiger partial charge in [0.1, 0.15) is 0 Å². The molecule has 0 spiro atoms. The van der Waals surface area contributed by atoms with Crippen molar-refractivity contribution < 1.29 is 0 Å². The maximum absolute atomic E-state index is 5.51. The number of hydrogen-bond acceptors (Lipinski definition) is 3. The van der Waals surface area contributed by atoms with Crippen molar-refractivity contribution in [2.75, 3.05) is 32.7 Å². The summed E-state index contributed by atoms with van der Waals surface area (Å²) in [5, 5.41) is 0. The van der Waals surface area contributed by atoms with Crippen molar-refractivity contribution in [3.63, 3.8) is 0 Å². The van der Waals surface area contributed by atoms with Crippen LogP contribution in [0.15, 0.2) is 0 Å². The molecule has 1 heterocycles. The number of rotatable bonds is 6. The zero-order valence-corrected chi connectivity index (χ0v) is 10.7. The molecule has 0 aliphatic carbocycles. The normalized spacial score (nSPS) is 22.5. The van der Waals surface area contributed by atoms with E-state index in [2.05, 4.69) is 23.6 Å². The second-order valence-electron chi connectivity index (χ2n) is 4.18. The van der Waals surface area contributed by atoms with Gasteiger partial charge in [0.2, 0.25) is 0 Å². The molecule has 1 fully saturated rings. The van der Waals surface area contributed by atoms with Gasteiger partial charge in [-0.1, -0.05) is 26.1 Å². The molecular formula is C11H23N3S. The van der Waals surface area contributed by atoms with E-state index in [1.807, 2.05) is 0 Å². The molecule has 1 unspecified atom stereocenters. The van der Waals surface area contributed by atoms with Gasteiger partial charge in [0.25, 0.3) is 0 Å². The lowest BCUT2D eigenvalue weighted by Gasteiger charge is -2.26. The Hall–Kier alpha value is -0.190. The third-order valence-corrected chi connectivity index (χ3v) is 3.45. The summed E-state index contributed by atoms with van der Waals surface area (Å²) in [5.41, 5.74) is 5.51. The second kappa shape index (κ2) is 6.40. The number of likely N-dealkylation sites (N-methyl/N-ethyl adjacent to an activating group) is 1. The summed E-state index contributed by atoms with van der Waals surface area (Å²) < 4.78 is 0. The molecule has 0 aromatic rings. The third kappa shape index (κ3) is 4.05. The minimum Gasteiger partial charge on any atom is -0.393 e. The van der Waals surface area contributed by atoms with Crippen LogP contribution in [0.2, 0.25) is 0 Å². The molecule has 1 aliphatic heterocycles. The molecule has 0 bridgehead atoms. The molecule has 0 aromatic heterocycles. The topological polar surface area (TPSA) is 32.5 Å². The summed E-state index contributed by atoms with van der Waals surface area (Å²) in [4.78, 5) is 5.66. The Morgan fingerprint density at radius 3 is 2.67 bits per heavy atom. The molecule has 4 heteroatoms. The molecule has 2 N–H and O–H groups in total. The van der Waals surface area contributed by atoms with E-state index in [4.69, 9.17) is 18.0 Å². The highest BCUT2D eigenvalue weighted by Gasteiger charge is 2.25. The first-order chi connectivity index (χ1) is 7.17. The van der Waals surface area contributed by atoms with Gasteiger partial charge in [0, 0.05) is 25.6 Å². The lowest BCUT2D eigenvalue weighted by atomic mass is 10.2. The van der Waals surface area contributed by atoms with Crippen LogP contribution in [-0.4, -0.2) is 53.6 Å². The maximum Gasteiger partial charge on any atom is 0.0740 e. The summed E-state index contributed by atoms with van der Waals surface area (Å²) in [5.74, 6) is 0. The zero-order valence-electron chi connectivity index (χ0n) is 9.91. The molecule has 3 nitrogen and oxygen atoms in total. The fourth-order valence-electron chi connectivity index (χ4n) is 2.32. The molecule has 1 aliphatic rings. The van der Waals surface area contributed by atoms with Crippen molar-refractivity contribution in [2.45, 2.75) is 32.7 Å². The standard InChI is InChI=1S/C11H23N3S/c1-3-14(4-2)10-5-7-13(9-10)8-6-11(12)15/h10H,3-9H2,1-2H3,(H2,12,15). The Morgan fingerprint density at radius 1 is 1.47 bits per heavy atom. The van der Waals surface area contributed by atoms with E-state index in [1.165, 1.54) is 19.5 Å². The monoisotopic (exact) mass is 229 g/mol. The van der Waals surface area contributed by atoms with E-state index in [9.17, 15) is 0 Å². The minimum absolute atomic E-state index is 0.640. The van der Waals surface area contributed by atoms with Crippen LogP contribution in [0.25, 0.3) is 0 Å². The van der Waals surface area contributed by atoms with Crippen LogP contribution in [0.5, 0.6) is 0 Å². The Balaban J connectivity index is 2.28. The van der Waals surface area contributed by atoms with E-state index >= 15 is 0 Å². The Kier molecular flexibility index (Phi) is 5.50. The van der Waals surface area contributed by atoms with Crippen LogP contribution in [-0.2, 0) is 0 Å². The van der Waals surface area contributed by atoms with Gasteiger partial charge in [-0.2, -0.15) is 0 Å². The van der Waals surface area contributed by atoms with Gasteiger partial charge in [0.15, 0.2) is 0 Å². The molecule has 1 rings (SSSR count). The van der Waals surface area contributed by atoms with Gasteiger partial charge in [0.05, 0.1) is 4.99 Å². The van der Waals surface area contributed by atoms with Crippen LogP contribution in [0.3, 0.4) is 0 Å². The van der Waals surface area contributed by atoms with Gasteiger partial charge in [-0.25, -0.2) is 0 Å². The van der Waals surface area contributed by atoms with Crippen LogP contribution < -0.4 is 5.73 Å². The summed E-state index contributed by atoms with van der Waals surface area (Å²) >= 11 is 4.90. The first kappa shape index (κ1) is 12.9. The van der Waals surface area contributed by atoms with Crippen molar-refractivity contribution in [2.24, 2.45) is 5.73 Å². The van der Waals surface area contributed by atoms with Crippen molar-refractivity contribution >= 4 is 17.2 Å². The molecule has 0 aromatic carbocycles. The van der Waals surface area contributed by atoms with Crippen molar-refractivity contribution in [3.8, 4) is 0 Å². The van der Waals surface area contributed by atoms with Crippen LogP contribution in [0.4, 0.5) is 0 Å². The predicted octanol–water partition coefficient (Wildman–Crippen LogP) is 1.08. The number of thiocarbonyl (C=S) groups is 1. The third-order valence-electron chi connectivity index (χ3n) is 3.25. The molecular weight excluding hydrogens is 206 g/mol. The van der Waals surface area contributed by atoms with Gasteiger partial charge in [-0.3, -0.25) is 4.90 Å². The number of nitrogens with two attached hydrogens (primary N) is 1. The van der Waals surface area contributed by atoms with E-state index in [0.717, 1.165) is 32.1 Å². The first-order valence-electron chi connectivity index (χ1n) is 5.92. The highest BCUT2D eigenvalue weighted by molar-refractivity contribution is 7.80. The van der Waals surface area contributed by atoms with E-state index in [-0.39, 0.29) is 0 Å². The minimum atomic E-state index is 0.640. The average Bonchev–Trinajstić information content (AvgIpc) is 2.65. The average molecular weight is 229 g/mol.